The van der Waals surface area contributed by atoms with Crippen LogP contribution in [-0.4, -0.2) is 60.1 Å². The Morgan fingerprint density at radius 3 is 2.39 bits per heavy atom. The zero-order valence-electron chi connectivity index (χ0n) is 21.3. The Morgan fingerprint density at radius 2 is 1.78 bits per heavy atom. The SMILES string of the molecule is CSc1ccc(S(=O)(=O)N(C)Cc2nc(-c3ccc(C(C)(C)C)cc3)no2)cc1C(=O)N1CCCC1. The number of nitrogens with zero attached hydrogens (tertiary/aromatic N) is 4. The number of hydrogen-bond acceptors (Lipinski definition) is 7. The molecule has 192 valence electrons. The van der Waals surface area contributed by atoms with Crippen molar-refractivity contribution >= 4 is 27.7 Å². The van der Waals surface area contributed by atoms with Crippen molar-refractivity contribution in [2.75, 3.05) is 26.4 Å². The van der Waals surface area contributed by atoms with E-state index < -0.39 is 10.0 Å². The van der Waals surface area contributed by atoms with E-state index in [1.165, 1.54) is 36.5 Å². The zero-order valence-corrected chi connectivity index (χ0v) is 22.9. The van der Waals surface area contributed by atoms with Crippen molar-refractivity contribution in [3.8, 4) is 11.4 Å². The van der Waals surface area contributed by atoms with Crippen LogP contribution in [0.2, 0.25) is 0 Å². The molecule has 1 fully saturated rings. The number of rotatable bonds is 7. The van der Waals surface area contributed by atoms with Gasteiger partial charge in [-0.15, -0.1) is 11.8 Å². The summed E-state index contributed by atoms with van der Waals surface area (Å²) >= 11 is 1.43. The average molecular weight is 529 g/mol. The molecule has 8 nitrogen and oxygen atoms in total. The van der Waals surface area contributed by atoms with E-state index in [0.29, 0.717) is 24.5 Å². The van der Waals surface area contributed by atoms with Gasteiger partial charge in [0.2, 0.25) is 21.7 Å². The second-order valence-electron chi connectivity index (χ2n) is 9.96. The van der Waals surface area contributed by atoms with Crippen LogP contribution in [0.4, 0.5) is 0 Å². The monoisotopic (exact) mass is 528 g/mol. The molecule has 36 heavy (non-hydrogen) atoms. The first-order chi connectivity index (χ1) is 17.0. The number of thioether (sulfide) groups is 1. The van der Waals surface area contributed by atoms with Crippen LogP contribution >= 0.6 is 11.8 Å². The number of aromatic nitrogens is 2. The lowest BCUT2D eigenvalue weighted by Gasteiger charge is -2.19. The Labute approximate surface area is 217 Å². The van der Waals surface area contributed by atoms with Gasteiger partial charge in [-0.3, -0.25) is 4.79 Å². The number of benzene rings is 2. The van der Waals surface area contributed by atoms with Crippen LogP contribution < -0.4 is 0 Å². The quantitative estimate of drug-likeness (QED) is 0.406. The van der Waals surface area contributed by atoms with E-state index >= 15 is 0 Å². The van der Waals surface area contributed by atoms with Gasteiger partial charge in [0.1, 0.15) is 0 Å². The second kappa shape index (κ2) is 10.4. The number of sulfonamides is 1. The van der Waals surface area contributed by atoms with Crippen molar-refractivity contribution in [1.82, 2.24) is 19.3 Å². The summed E-state index contributed by atoms with van der Waals surface area (Å²) < 4.78 is 33.2. The smallest absolute Gasteiger partial charge is 0.255 e. The molecule has 1 aliphatic heterocycles. The van der Waals surface area contributed by atoms with E-state index in [2.05, 4.69) is 30.9 Å². The van der Waals surface area contributed by atoms with E-state index in [-0.39, 0.29) is 28.7 Å². The Balaban J connectivity index is 1.53. The van der Waals surface area contributed by atoms with Gasteiger partial charge in [-0.2, -0.15) is 9.29 Å². The Kier molecular flexibility index (Phi) is 7.59. The standard InChI is InChI=1S/C26H32N4O4S2/c1-26(2,3)19-10-8-18(9-11-19)24-27-23(34-28-24)17-29(4)36(32,33)20-12-13-22(35-5)21(16-20)25(31)30-14-6-7-15-30/h8-13,16H,6-7,14-15,17H2,1-5H3. The minimum atomic E-state index is -3.89. The summed E-state index contributed by atoms with van der Waals surface area (Å²) in [6.07, 6.45) is 3.81. The first kappa shape index (κ1) is 26.4. The molecule has 0 bridgehead atoms. The van der Waals surface area contributed by atoms with Gasteiger partial charge in [0, 0.05) is 30.6 Å². The van der Waals surface area contributed by atoms with Crippen LogP contribution in [0.3, 0.4) is 0 Å². The first-order valence-electron chi connectivity index (χ1n) is 11.9. The molecule has 10 heteroatoms. The van der Waals surface area contributed by atoms with Gasteiger partial charge < -0.3 is 9.42 Å². The zero-order chi connectivity index (χ0) is 26.1. The lowest BCUT2D eigenvalue weighted by molar-refractivity contribution is 0.0789. The van der Waals surface area contributed by atoms with Gasteiger partial charge in [-0.1, -0.05) is 50.2 Å². The van der Waals surface area contributed by atoms with E-state index in [9.17, 15) is 13.2 Å². The van der Waals surface area contributed by atoms with Crippen LogP contribution in [0.1, 0.15) is 55.4 Å². The molecule has 2 aromatic carbocycles. The van der Waals surface area contributed by atoms with Gasteiger partial charge in [0.15, 0.2) is 0 Å². The number of hydrogen-bond donors (Lipinski definition) is 0. The number of amides is 1. The van der Waals surface area contributed by atoms with Crippen molar-refractivity contribution in [3.05, 3.63) is 59.5 Å². The molecule has 0 saturated carbocycles. The molecular weight excluding hydrogens is 496 g/mol. The predicted molar refractivity (Wildman–Crippen MR) is 140 cm³/mol. The van der Waals surface area contributed by atoms with Crippen molar-refractivity contribution < 1.29 is 17.7 Å². The maximum Gasteiger partial charge on any atom is 0.255 e. The minimum Gasteiger partial charge on any atom is -0.339 e. The van der Waals surface area contributed by atoms with Crippen LogP contribution in [-0.2, 0) is 22.0 Å². The summed E-state index contributed by atoms with van der Waals surface area (Å²) in [5.41, 5.74) is 2.43. The molecular formula is C26H32N4O4S2. The van der Waals surface area contributed by atoms with Crippen molar-refractivity contribution in [2.45, 2.75) is 55.4 Å². The fraction of sp³-hybridized carbons (Fsp3) is 0.423. The van der Waals surface area contributed by atoms with Crippen molar-refractivity contribution in [1.29, 1.82) is 0 Å². The number of carbonyl (C=O) groups is 1. The van der Waals surface area contributed by atoms with E-state index in [1.54, 1.807) is 11.0 Å². The van der Waals surface area contributed by atoms with Crippen LogP contribution in [0.5, 0.6) is 0 Å². The Hall–Kier alpha value is -2.69. The average Bonchev–Trinajstić information content (AvgIpc) is 3.55. The predicted octanol–water partition coefficient (Wildman–Crippen LogP) is 4.81. The van der Waals surface area contributed by atoms with Crippen molar-refractivity contribution in [2.24, 2.45) is 0 Å². The van der Waals surface area contributed by atoms with Gasteiger partial charge in [0.25, 0.3) is 5.91 Å². The summed E-state index contributed by atoms with van der Waals surface area (Å²) in [4.78, 5) is 20.0. The maximum absolute atomic E-state index is 13.3. The highest BCUT2D eigenvalue weighted by molar-refractivity contribution is 7.98. The summed E-state index contributed by atoms with van der Waals surface area (Å²) in [6, 6.07) is 12.6. The lowest BCUT2D eigenvalue weighted by atomic mass is 9.87. The van der Waals surface area contributed by atoms with E-state index in [4.69, 9.17) is 4.52 Å². The largest absolute Gasteiger partial charge is 0.339 e. The molecule has 0 N–H and O–H groups in total. The van der Waals surface area contributed by atoms with Crippen LogP contribution in [0, 0.1) is 0 Å². The molecule has 1 aromatic heterocycles. The highest BCUT2D eigenvalue weighted by Crippen LogP contribution is 2.28. The van der Waals surface area contributed by atoms with Gasteiger partial charge in [0.05, 0.1) is 17.0 Å². The normalized spacial score (nSPS) is 14.6. The lowest BCUT2D eigenvalue weighted by Crippen LogP contribution is -2.29. The summed E-state index contributed by atoms with van der Waals surface area (Å²) in [5.74, 6) is 0.458. The van der Waals surface area contributed by atoms with Gasteiger partial charge >= 0.3 is 0 Å². The molecule has 0 atom stereocenters. The van der Waals surface area contributed by atoms with Crippen LogP contribution in [0.15, 0.2) is 56.8 Å². The molecule has 0 spiro atoms. The highest BCUT2D eigenvalue weighted by atomic mass is 32.2. The molecule has 2 heterocycles. The maximum atomic E-state index is 13.3. The molecule has 1 aliphatic rings. The molecule has 4 rings (SSSR count). The third kappa shape index (κ3) is 5.50. The molecule has 0 aliphatic carbocycles. The molecule has 1 amide bonds. The Morgan fingerprint density at radius 1 is 1.11 bits per heavy atom. The van der Waals surface area contributed by atoms with Crippen LogP contribution in [0.25, 0.3) is 11.4 Å². The van der Waals surface area contributed by atoms with Gasteiger partial charge in [-0.25, -0.2) is 8.42 Å². The summed E-state index contributed by atoms with van der Waals surface area (Å²) in [5, 5.41) is 4.03. The fourth-order valence-corrected chi connectivity index (χ4v) is 5.83. The van der Waals surface area contributed by atoms with Gasteiger partial charge in [-0.05, 0) is 48.3 Å². The molecule has 0 radical (unpaired) electrons. The van der Waals surface area contributed by atoms with E-state index in [0.717, 1.165) is 27.6 Å². The Bertz CT molecular complexity index is 1340. The molecule has 1 saturated heterocycles. The van der Waals surface area contributed by atoms with E-state index in [1.807, 2.05) is 30.5 Å². The third-order valence-electron chi connectivity index (χ3n) is 6.34. The minimum absolute atomic E-state index is 0.0327. The molecule has 0 unspecified atom stereocenters. The topological polar surface area (TPSA) is 96.6 Å². The second-order valence-corrected chi connectivity index (χ2v) is 12.9. The molecule has 3 aromatic rings. The summed E-state index contributed by atoms with van der Waals surface area (Å²) in [7, 11) is -2.43. The number of carbonyl (C=O) groups excluding carboxylic acids is 1. The van der Waals surface area contributed by atoms with Crippen molar-refractivity contribution in [3.63, 3.8) is 0 Å². The first-order valence-corrected chi connectivity index (χ1v) is 14.5. The highest BCUT2D eigenvalue weighted by Gasteiger charge is 2.27. The summed E-state index contributed by atoms with van der Waals surface area (Å²) in [6.45, 7) is 7.74. The third-order valence-corrected chi connectivity index (χ3v) is 8.93. The fourth-order valence-electron chi connectivity index (χ4n) is 4.12. The number of likely N-dealkylation sites (tertiary alicyclic amines) is 1.